The number of halogens is 4. The van der Waals surface area contributed by atoms with Crippen LogP contribution >= 0.6 is 0 Å². The van der Waals surface area contributed by atoms with E-state index in [1.807, 2.05) is 0 Å². The van der Waals surface area contributed by atoms with Crippen LogP contribution in [0.1, 0.15) is 30.4 Å². The molecule has 1 aliphatic rings. The Morgan fingerprint density at radius 1 is 1.21 bits per heavy atom. The molecule has 2 aromatic rings. The van der Waals surface area contributed by atoms with E-state index in [2.05, 4.69) is 20.3 Å². The Kier molecular flexibility index (Phi) is 8.44. The Morgan fingerprint density at radius 3 is 2.73 bits per heavy atom. The number of aromatic nitrogens is 2. The van der Waals surface area contributed by atoms with Gasteiger partial charge in [-0.25, -0.2) is 4.39 Å². The van der Waals surface area contributed by atoms with Crippen LogP contribution in [0.2, 0.25) is 0 Å². The number of benzene rings is 1. The summed E-state index contributed by atoms with van der Waals surface area (Å²) >= 11 is 0. The van der Waals surface area contributed by atoms with Gasteiger partial charge in [0.2, 0.25) is 5.89 Å². The van der Waals surface area contributed by atoms with Crippen molar-refractivity contribution in [2.75, 3.05) is 33.0 Å². The van der Waals surface area contributed by atoms with E-state index in [1.54, 1.807) is 19.1 Å². The average molecular weight is 477 g/mol. The van der Waals surface area contributed by atoms with E-state index in [-0.39, 0.29) is 56.1 Å². The summed E-state index contributed by atoms with van der Waals surface area (Å²) in [6.07, 6.45) is -4.06. The number of carbonyl (C=O) groups excluding carboxylic acids is 1. The highest BCUT2D eigenvalue weighted by atomic mass is 19.4. The lowest BCUT2D eigenvalue weighted by Gasteiger charge is -2.27. The molecule has 0 bridgehead atoms. The summed E-state index contributed by atoms with van der Waals surface area (Å²) < 4.78 is 75.2. The molecule has 2 atom stereocenters. The molecule has 3 rings (SSSR count). The lowest BCUT2D eigenvalue weighted by Crippen LogP contribution is -2.43. The first-order chi connectivity index (χ1) is 15.7. The van der Waals surface area contributed by atoms with Gasteiger partial charge in [0.15, 0.2) is 6.61 Å². The second-order valence-corrected chi connectivity index (χ2v) is 7.29. The third kappa shape index (κ3) is 8.17. The number of carbonyl (C=O) groups is 1. The van der Waals surface area contributed by atoms with Crippen LogP contribution in [-0.2, 0) is 14.3 Å². The van der Waals surface area contributed by atoms with E-state index < -0.39 is 24.7 Å². The number of rotatable bonds is 10. The number of hydrogen-bond acceptors (Lipinski definition) is 8. The van der Waals surface area contributed by atoms with E-state index in [0.29, 0.717) is 18.4 Å². The van der Waals surface area contributed by atoms with Crippen molar-refractivity contribution in [2.24, 2.45) is 0 Å². The molecule has 1 aromatic heterocycles. The van der Waals surface area contributed by atoms with E-state index in [4.69, 9.17) is 18.6 Å². The zero-order valence-electron chi connectivity index (χ0n) is 17.7. The zero-order valence-corrected chi connectivity index (χ0v) is 17.7. The molecule has 0 saturated carbocycles. The van der Waals surface area contributed by atoms with E-state index >= 15 is 0 Å². The van der Waals surface area contributed by atoms with Gasteiger partial charge in [-0.1, -0.05) is 11.2 Å². The molecule has 9 nitrogen and oxygen atoms in total. The fourth-order valence-electron chi connectivity index (χ4n) is 2.93. The molecule has 0 radical (unpaired) electrons. The Morgan fingerprint density at radius 2 is 2.03 bits per heavy atom. The van der Waals surface area contributed by atoms with Crippen LogP contribution in [0, 0.1) is 12.7 Å². The molecular formula is C20H23F4N3O6. The lowest BCUT2D eigenvalue weighted by molar-refractivity contribution is -0.175. The molecule has 13 heteroatoms. The lowest BCUT2D eigenvalue weighted by atomic mass is 10.1. The van der Waals surface area contributed by atoms with Crippen LogP contribution in [0.5, 0.6) is 11.8 Å². The number of hydrogen-bond donors (Lipinski definition) is 1. The van der Waals surface area contributed by atoms with Gasteiger partial charge in [0, 0.05) is 6.07 Å². The third-order valence-corrected chi connectivity index (χ3v) is 4.57. The topological polar surface area (TPSA) is 105 Å². The normalized spacial score (nSPS) is 18.7. The smallest absolute Gasteiger partial charge is 0.414 e. The minimum atomic E-state index is -4.40. The van der Waals surface area contributed by atoms with Gasteiger partial charge >= 0.3 is 12.3 Å². The Hall–Kier alpha value is -2.93. The number of amides is 1. The number of nitrogens with one attached hydrogen (secondary N) is 1. The van der Waals surface area contributed by atoms with Crippen molar-refractivity contribution in [1.82, 2.24) is 15.5 Å². The maximum absolute atomic E-state index is 13.5. The van der Waals surface area contributed by atoms with Crippen molar-refractivity contribution >= 4 is 5.91 Å². The van der Waals surface area contributed by atoms with Gasteiger partial charge in [-0.15, -0.1) is 5.10 Å². The quantitative estimate of drug-likeness (QED) is 0.412. The van der Waals surface area contributed by atoms with Crippen LogP contribution in [0.4, 0.5) is 17.6 Å². The molecule has 0 unspecified atom stereocenters. The molecule has 2 heterocycles. The SMILES string of the molecule is Cc1ccc(OCC(=O)N[C@H]2CC[C@H](c3nnc(OCCOCC(F)(F)F)o3)OC2)cc1F. The van der Waals surface area contributed by atoms with Crippen molar-refractivity contribution in [2.45, 2.75) is 38.1 Å². The van der Waals surface area contributed by atoms with Crippen molar-refractivity contribution in [1.29, 1.82) is 0 Å². The summed E-state index contributed by atoms with van der Waals surface area (Å²) in [5.41, 5.74) is 0.482. The number of nitrogens with zero attached hydrogens (tertiary/aromatic N) is 2. The van der Waals surface area contributed by atoms with Gasteiger partial charge in [0.25, 0.3) is 5.91 Å². The molecule has 1 amide bonds. The van der Waals surface area contributed by atoms with Crippen LogP contribution in [0.15, 0.2) is 22.6 Å². The summed E-state index contributed by atoms with van der Waals surface area (Å²) in [7, 11) is 0. The van der Waals surface area contributed by atoms with Gasteiger partial charge < -0.3 is 28.7 Å². The summed E-state index contributed by atoms with van der Waals surface area (Å²) in [6.45, 7) is -0.285. The first-order valence-corrected chi connectivity index (χ1v) is 10.1. The minimum absolute atomic E-state index is 0.163. The molecule has 33 heavy (non-hydrogen) atoms. The second kappa shape index (κ2) is 11.3. The van der Waals surface area contributed by atoms with Crippen molar-refractivity contribution in [3.8, 4) is 11.8 Å². The van der Waals surface area contributed by atoms with Crippen LogP contribution in [0.25, 0.3) is 0 Å². The fraction of sp³-hybridized carbons (Fsp3) is 0.550. The highest BCUT2D eigenvalue weighted by Crippen LogP contribution is 2.28. The summed E-state index contributed by atoms with van der Waals surface area (Å²) in [6, 6.07) is 4.11. The fourth-order valence-corrected chi connectivity index (χ4v) is 2.93. The van der Waals surface area contributed by atoms with E-state index in [0.717, 1.165) is 0 Å². The predicted molar refractivity (Wildman–Crippen MR) is 103 cm³/mol. The van der Waals surface area contributed by atoms with Gasteiger partial charge in [-0.05, 0) is 31.4 Å². The molecule has 0 aliphatic carbocycles. The van der Waals surface area contributed by atoms with Crippen LogP contribution in [-0.4, -0.2) is 61.4 Å². The largest absolute Gasteiger partial charge is 0.484 e. The molecule has 0 spiro atoms. The van der Waals surface area contributed by atoms with Crippen molar-refractivity contribution < 1.29 is 45.7 Å². The second-order valence-electron chi connectivity index (χ2n) is 7.29. The Labute approximate surface area is 186 Å². The number of aryl methyl sites for hydroxylation is 1. The Bertz CT molecular complexity index is 915. The molecule has 182 valence electrons. The summed E-state index contributed by atoms with van der Waals surface area (Å²) in [4.78, 5) is 12.1. The maximum Gasteiger partial charge on any atom is 0.414 e. The molecule has 1 N–H and O–H groups in total. The van der Waals surface area contributed by atoms with Crippen LogP contribution in [0.3, 0.4) is 0 Å². The first-order valence-electron chi connectivity index (χ1n) is 10.1. The standard InChI is InChI=1S/C20H23F4N3O6/c1-12-2-4-14(8-15(12)21)31-10-17(28)25-13-3-5-16(32-9-13)18-26-27-19(33-18)30-7-6-29-11-20(22,23)24/h2,4,8,13,16H,3,5-7,9-11H2,1H3,(H,25,28)/t13-,16+/m0/s1. The van der Waals surface area contributed by atoms with Gasteiger partial charge in [0.05, 0.1) is 19.3 Å². The van der Waals surface area contributed by atoms with Crippen LogP contribution < -0.4 is 14.8 Å². The highest BCUT2D eigenvalue weighted by Gasteiger charge is 2.29. The zero-order chi connectivity index (χ0) is 23.8. The first kappa shape index (κ1) is 24.7. The Balaban J connectivity index is 1.34. The van der Waals surface area contributed by atoms with E-state index in [9.17, 15) is 22.4 Å². The van der Waals surface area contributed by atoms with Gasteiger partial charge in [0.1, 0.15) is 30.9 Å². The maximum atomic E-state index is 13.5. The monoisotopic (exact) mass is 477 g/mol. The number of ether oxygens (including phenoxy) is 4. The van der Waals surface area contributed by atoms with E-state index in [1.165, 1.54) is 6.07 Å². The minimum Gasteiger partial charge on any atom is -0.484 e. The average Bonchev–Trinajstić information content (AvgIpc) is 3.23. The molecular weight excluding hydrogens is 454 g/mol. The number of alkyl halides is 3. The summed E-state index contributed by atoms with van der Waals surface area (Å²) in [5.74, 6) is -0.362. The van der Waals surface area contributed by atoms with Crippen molar-refractivity contribution in [3.63, 3.8) is 0 Å². The molecule has 1 fully saturated rings. The summed E-state index contributed by atoms with van der Waals surface area (Å²) in [5, 5.41) is 10.2. The predicted octanol–water partition coefficient (Wildman–Crippen LogP) is 2.89. The van der Waals surface area contributed by atoms with Gasteiger partial charge in [-0.3, -0.25) is 4.79 Å². The third-order valence-electron chi connectivity index (χ3n) is 4.57. The molecule has 1 aliphatic heterocycles. The van der Waals surface area contributed by atoms with Crippen molar-refractivity contribution in [3.05, 3.63) is 35.5 Å². The van der Waals surface area contributed by atoms with Gasteiger partial charge in [-0.2, -0.15) is 13.2 Å². The highest BCUT2D eigenvalue weighted by molar-refractivity contribution is 5.77. The molecule has 1 aromatic carbocycles. The molecule has 1 saturated heterocycles.